The minimum atomic E-state index is 0.00960. The Balaban J connectivity index is 1.94. The normalized spacial score (nSPS) is 14.5. The minimum Gasteiger partial charge on any atom is -0.382 e. The van der Waals surface area contributed by atoms with E-state index in [1.54, 1.807) is 6.07 Å². The molecule has 2 heterocycles. The fraction of sp³-hybridized carbons (Fsp3) is 0.667. The maximum atomic E-state index is 12.4. The lowest BCUT2D eigenvalue weighted by Gasteiger charge is -2.15. The van der Waals surface area contributed by atoms with Crippen molar-refractivity contribution in [2.75, 3.05) is 38.2 Å². The molecule has 0 unspecified atom stereocenters. The number of nitrogens with one attached hydrogen (secondary N) is 1. The number of likely N-dealkylation sites (tertiary alicyclic amines) is 1. The third-order valence-corrected chi connectivity index (χ3v) is 3.43. The molecule has 1 N–H and O–H groups in total. The van der Waals surface area contributed by atoms with Gasteiger partial charge >= 0.3 is 0 Å². The molecule has 0 spiro atoms. The quantitative estimate of drug-likeness (QED) is 0.777. The summed E-state index contributed by atoms with van der Waals surface area (Å²) in [6, 6.07) is 1.74. The second-order valence-electron chi connectivity index (χ2n) is 5.16. The number of carbonyl (C=O) groups excluding carboxylic acids is 1. The highest BCUT2D eigenvalue weighted by Crippen LogP contribution is 2.14. The van der Waals surface area contributed by atoms with Crippen molar-refractivity contribution in [2.24, 2.45) is 0 Å². The molecule has 1 aliphatic rings. The van der Waals surface area contributed by atoms with E-state index in [1.165, 1.54) is 0 Å². The molecule has 0 bridgehead atoms. The van der Waals surface area contributed by atoms with E-state index in [0.717, 1.165) is 52.1 Å². The van der Waals surface area contributed by atoms with Gasteiger partial charge in [-0.2, -0.15) is 0 Å². The van der Waals surface area contributed by atoms with E-state index < -0.39 is 0 Å². The second-order valence-corrected chi connectivity index (χ2v) is 5.16. The van der Waals surface area contributed by atoms with Crippen LogP contribution in [0.4, 0.5) is 5.82 Å². The Morgan fingerprint density at radius 1 is 1.38 bits per heavy atom. The van der Waals surface area contributed by atoms with Gasteiger partial charge in [0.05, 0.1) is 0 Å². The van der Waals surface area contributed by atoms with Crippen LogP contribution in [0.1, 0.15) is 42.5 Å². The first-order chi connectivity index (χ1) is 10.2. The number of anilines is 1. The van der Waals surface area contributed by atoms with Gasteiger partial charge in [0, 0.05) is 38.9 Å². The van der Waals surface area contributed by atoms with Crippen LogP contribution in [-0.4, -0.2) is 53.6 Å². The van der Waals surface area contributed by atoms with Crippen molar-refractivity contribution in [1.29, 1.82) is 0 Å². The molecule has 0 atom stereocenters. The van der Waals surface area contributed by atoms with Crippen LogP contribution in [0.3, 0.4) is 0 Å². The van der Waals surface area contributed by atoms with Crippen molar-refractivity contribution < 1.29 is 9.53 Å². The molecule has 1 saturated heterocycles. The largest absolute Gasteiger partial charge is 0.382 e. The standard InChI is InChI=1S/C15H24N4O2/c1-3-21-10-6-7-16-14-11-13(17-12(2)18-14)15(20)19-8-4-5-9-19/h11H,3-10H2,1-2H3,(H,16,17,18). The van der Waals surface area contributed by atoms with Gasteiger partial charge in [0.1, 0.15) is 17.3 Å². The Kier molecular flexibility index (Phi) is 5.92. The summed E-state index contributed by atoms with van der Waals surface area (Å²) in [5.74, 6) is 1.34. The summed E-state index contributed by atoms with van der Waals surface area (Å²) in [7, 11) is 0. The van der Waals surface area contributed by atoms with Gasteiger partial charge in [0.25, 0.3) is 5.91 Å². The van der Waals surface area contributed by atoms with Gasteiger partial charge in [0.15, 0.2) is 0 Å². The predicted octanol–water partition coefficient (Wildman–Crippen LogP) is 1.86. The van der Waals surface area contributed by atoms with Gasteiger partial charge in [-0.15, -0.1) is 0 Å². The molecule has 116 valence electrons. The number of ether oxygens (including phenoxy) is 1. The van der Waals surface area contributed by atoms with Gasteiger partial charge in [-0.1, -0.05) is 0 Å². The summed E-state index contributed by atoms with van der Waals surface area (Å²) in [5.41, 5.74) is 0.483. The Bertz CT molecular complexity index is 473. The first-order valence-corrected chi connectivity index (χ1v) is 7.67. The Labute approximate surface area is 125 Å². The number of hydrogen-bond donors (Lipinski definition) is 1. The molecule has 0 saturated carbocycles. The van der Waals surface area contributed by atoms with E-state index >= 15 is 0 Å². The van der Waals surface area contributed by atoms with E-state index in [4.69, 9.17) is 4.74 Å². The van der Waals surface area contributed by atoms with Gasteiger partial charge < -0.3 is 15.0 Å². The molecule has 6 heteroatoms. The van der Waals surface area contributed by atoms with Crippen LogP contribution in [0.2, 0.25) is 0 Å². The number of rotatable bonds is 7. The average Bonchev–Trinajstić information content (AvgIpc) is 3.00. The summed E-state index contributed by atoms with van der Waals surface area (Å²) in [6.07, 6.45) is 3.07. The highest BCUT2D eigenvalue weighted by molar-refractivity contribution is 5.93. The molecule has 0 aromatic carbocycles. The molecule has 1 fully saturated rings. The molecular weight excluding hydrogens is 268 g/mol. The van der Waals surface area contributed by atoms with Crippen molar-refractivity contribution in [2.45, 2.75) is 33.1 Å². The number of hydrogen-bond acceptors (Lipinski definition) is 5. The second kappa shape index (κ2) is 7.93. The Hall–Kier alpha value is -1.69. The van der Waals surface area contributed by atoms with Gasteiger partial charge in [-0.25, -0.2) is 9.97 Å². The summed E-state index contributed by atoms with van der Waals surface area (Å²) in [4.78, 5) is 22.8. The topological polar surface area (TPSA) is 67.3 Å². The van der Waals surface area contributed by atoms with Crippen molar-refractivity contribution in [3.05, 3.63) is 17.6 Å². The van der Waals surface area contributed by atoms with Gasteiger partial charge in [-0.3, -0.25) is 4.79 Å². The summed E-state index contributed by atoms with van der Waals surface area (Å²) in [5, 5.41) is 3.23. The summed E-state index contributed by atoms with van der Waals surface area (Å²) >= 11 is 0. The monoisotopic (exact) mass is 292 g/mol. The van der Waals surface area contributed by atoms with E-state index in [0.29, 0.717) is 17.3 Å². The molecule has 0 aliphatic carbocycles. The van der Waals surface area contributed by atoms with Gasteiger partial charge in [0.2, 0.25) is 0 Å². The smallest absolute Gasteiger partial charge is 0.272 e. The van der Waals surface area contributed by atoms with E-state index in [2.05, 4.69) is 15.3 Å². The third kappa shape index (κ3) is 4.67. The van der Waals surface area contributed by atoms with Crippen LogP contribution in [0.5, 0.6) is 0 Å². The molecular formula is C15H24N4O2. The molecule has 21 heavy (non-hydrogen) atoms. The SMILES string of the molecule is CCOCCCNc1cc(C(=O)N2CCCC2)nc(C)n1. The van der Waals surface area contributed by atoms with Crippen LogP contribution in [0.25, 0.3) is 0 Å². The molecule has 6 nitrogen and oxygen atoms in total. The zero-order valence-electron chi connectivity index (χ0n) is 12.9. The molecule has 1 aromatic rings. The fourth-order valence-electron chi connectivity index (χ4n) is 2.39. The van der Waals surface area contributed by atoms with Crippen LogP contribution in [0, 0.1) is 6.92 Å². The van der Waals surface area contributed by atoms with Crippen molar-refractivity contribution >= 4 is 11.7 Å². The van der Waals surface area contributed by atoms with Crippen molar-refractivity contribution in [1.82, 2.24) is 14.9 Å². The first kappa shape index (κ1) is 15.7. The lowest BCUT2D eigenvalue weighted by atomic mass is 10.3. The number of amides is 1. The maximum Gasteiger partial charge on any atom is 0.272 e. The number of carbonyl (C=O) groups is 1. The zero-order chi connectivity index (χ0) is 15.1. The Morgan fingerprint density at radius 2 is 2.14 bits per heavy atom. The minimum absolute atomic E-state index is 0.00960. The average molecular weight is 292 g/mol. The van der Waals surface area contributed by atoms with Crippen molar-refractivity contribution in [3.8, 4) is 0 Å². The summed E-state index contributed by atoms with van der Waals surface area (Å²) < 4.78 is 5.29. The van der Waals surface area contributed by atoms with E-state index in [-0.39, 0.29) is 5.91 Å². The van der Waals surface area contributed by atoms with Crippen LogP contribution in [-0.2, 0) is 4.74 Å². The fourth-order valence-corrected chi connectivity index (χ4v) is 2.39. The predicted molar refractivity (Wildman–Crippen MR) is 81.5 cm³/mol. The van der Waals surface area contributed by atoms with Crippen LogP contribution >= 0.6 is 0 Å². The number of aromatic nitrogens is 2. The Morgan fingerprint density at radius 3 is 2.86 bits per heavy atom. The van der Waals surface area contributed by atoms with Crippen LogP contribution < -0.4 is 5.32 Å². The number of aryl methyl sites for hydroxylation is 1. The highest BCUT2D eigenvalue weighted by Gasteiger charge is 2.21. The van der Waals surface area contributed by atoms with Crippen molar-refractivity contribution in [3.63, 3.8) is 0 Å². The molecule has 0 radical (unpaired) electrons. The summed E-state index contributed by atoms with van der Waals surface area (Å²) in [6.45, 7) is 7.70. The first-order valence-electron chi connectivity index (χ1n) is 7.67. The lowest BCUT2D eigenvalue weighted by molar-refractivity contribution is 0.0786. The third-order valence-electron chi connectivity index (χ3n) is 3.43. The zero-order valence-corrected chi connectivity index (χ0v) is 12.9. The lowest BCUT2D eigenvalue weighted by Crippen LogP contribution is -2.28. The van der Waals surface area contributed by atoms with Gasteiger partial charge in [-0.05, 0) is 33.1 Å². The molecule has 1 amide bonds. The molecule has 1 aromatic heterocycles. The van der Waals surface area contributed by atoms with E-state index in [9.17, 15) is 4.79 Å². The molecule has 2 rings (SSSR count). The van der Waals surface area contributed by atoms with Crippen LogP contribution in [0.15, 0.2) is 6.07 Å². The molecule has 1 aliphatic heterocycles. The maximum absolute atomic E-state index is 12.4. The van der Waals surface area contributed by atoms with E-state index in [1.807, 2.05) is 18.7 Å². The number of nitrogens with zero attached hydrogens (tertiary/aromatic N) is 3. The highest BCUT2D eigenvalue weighted by atomic mass is 16.5.